The molecule has 1 aliphatic rings. The van der Waals surface area contributed by atoms with Crippen LogP contribution in [0.25, 0.3) is 11.3 Å². The Bertz CT molecular complexity index is 1020. The van der Waals surface area contributed by atoms with E-state index in [-0.39, 0.29) is 21.1 Å². The predicted octanol–water partition coefficient (Wildman–Crippen LogP) is 5.51. The maximum Gasteiger partial charge on any atom is 0.239 e. The number of hydrogen-bond acceptors (Lipinski definition) is 2. The van der Waals surface area contributed by atoms with E-state index < -0.39 is 10.0 Å². The van der Waals surface area contributed by atoms with Gasteiger partial charge in [0.25, 0.3) is 0 Å². The Labute approximate surface area is 176 Å². The van der Waals surface area contributed by atoms with Gasteiger partial charge >= 0.3 is 0 Å². The lowest BCUT2D eigenvalue weighted by atomic mass is 9.82. The van der Waals surface area contributed by atoms with Gasteiger partial charge in [-0.15, -0.1) is 0 Å². The van der Waals surface area contributed by atoms with Crippen molar-refractivity contribution in [3.8, 4) is 11.3 Å². The van der Waals surface area contributed by atoms with Gasteiger partial charge in [0.05, 0.1) is 0 Å². The second-order valence-corrected chi connectivity index (χ2v) is 12.8. The summed E-state index contributed by atoms with van der Waals surface area (Å²) in [4.78, 5) is 0.220. The molecular formula is C24H36N2O2S. The molecule has 2 N–H and O–H groups in total. The molecule has 1 saturated carbocycles. The van der Waals surface area contributed by atoms with Crippen LogP contribution in [0.2, 0.25) is 0 Å². The number of hydrogen-bond donors (Lipinski definition) is 1. The van der Waals surface area contributed by atoms with Gasteiger partial charge in [-0.2, -0.15) is 0 Å². The van der Waals surface area contributed by atoms with E-state index in [4.69, 9.17) is 5.14 Å². The molecule has 0 bridgehead atoms. The second-order valence-electron chi connectivity index (χ2n) is 11.3. The predicted molar refractivity (Wildman–Crippen MR) is 121 cm³/mol. The summed E-state index contributed by atoms with van der Waals surface area (Å²) < 4.78 is 26.6. The fourth-order valence-electron chi connectivity index (χ4n) is 3.86. The molecule has 5 heteroatoms. The molecule has 0 radical (unpaired) electrons. The minimum absolute atomic E-state index is 0.00109. The number of rotatable bonds is 4. The van der Waals surface area contributed by atoms with Crippen molar-refractivity contribution in [2.45, 2.75) is 90.5 Å². The van der Waals surface area contributed by atoms with Crippen molar-refractivity contribution in [1.29, 1.82) is 0 Å². The molecule has 0 unspecified atom stereocenters. The van der Waals surface area contributed by atoms with Gasteiger partial charge in [-0.25, -0.2) is 13.6 Å². The first kappa shape index (κ1) is 22.1. The summed E-state index contributed by atoms with van der Waals surface area (Å²) in [6, 6.07) is 8.57. The Hall–Kier alpha value is -1.59. The molecular weight excluding hydrogens is 380 g/mol. The van der Waals surface area contributed by atoms with Gasteiger partial charge in [0.2, 0.25) is 10.0 Å². The summed E-state index contributed by atoms with van der Waals surface area (Å²) in [5.41, 5.74) is 5.57. The van der Waals surface area contributed by atoms with Crippen LogP contribution >= 0.6 is 0 Å². The van der Waals surface area contributed by atoms with Crippen LogP contribution in [-0.2, 0) is 27.4 Å². The highest BCUT2D eigenvalue weighted by molar-refractivity contribution is 7.89. The molecule has 4 nitrogen and oxygen atoms in total. The fraction of sp³-hybridized carbons (Fsp3) is 0.583. The molecule has 0 saturated heterocycles. The van der Waals surface area contributed by atoms with E-state index in [2.05, 4.69) is 71.2 Å². The molecule has 160 valence electrons. The van der Waals surface area contributed by atoms with E-state index in [1.807, 2.05) is 6.92 Å². The van der Waals surface area contributed by atoms with Crippen LogP contribution in [-0.4, -0.2) is 13.0 Å². The maximum atomic E-state index is 12.2. The van der Waals surface area contributed by atoms with Crippen LogP contribution in [0.4, 0.5) is 0 Å². The molecule has 2 aromatic rings. The van der Waals surface area contributed by atoms with E-state index >= 15 is 0 Å². The largest absolute Gasteiger partial charge is 0.343 e. The van der Waals surface area contributed by atoms with Crippen LogP contribution in [0.5, 0.6) is 0 Å². The van der Waals surface area contributed by atoms with Crippen LogP contribution < -0.4 is 5.14 Å². The van der Waals surface area contributed by atoms with Crippen molar-refractivity contribution in [1.82, 2.24) is 4.57 Å². The molecule has 1 aromatic heterocycles. The van der Waals surface area contributed by atoms with Gasteiger partial charge < -0.3 is 4.57 Å². The molecule has 1 heterocycles. The van der Waals surface area contributed by atoms with E-state index in [0.717, 1.165) is 17.8 Å². The first-order valence-corrected chi connectivity index (χ1v) is 12.0. The van der Waals surface area contributed by atoms with Crippen molar-refractivity contribution in [3.63, 3.8) is 0 Å². The van der Waals surface area contributed by atoms with E-state index in [1.54, 1.807) is 6.07 Å². The molecule has 1 fully saturated rings. The number of benzene rings is 1. The minimum atomic E-state index is -3.78. The Kier molecular flexibility index (Phi) is 5.11. The Morgan fingerprint density at radius 2 is 1.62 bits per heavy atom. The SMILES string of the molecule is Cc1c(S(N)(=O)=O)cc(-c2cc(C(C)(C)C)cc(C3(C)CC3)c2)n1CC(C)(C)C. The summed E-state index contributed by atoms with van der Waals surface area (Å²) in [5.74, 6) is 0. The Morgan fingerprint density at radius 3 is 2.07 bits per heavy atom. The lowest BCUT2D eigenvalue weighted by Crippen LogP contribution is -2.19. The van der Waals surface area contributed by atoms with Gasteiger partial charge in [-0.3, -0.25) is 0 Å². The lowest BCUT2D eigenvalue weighted by molar-refractivity contribution is 0.342. The first-order valence-electron chi connectivity index (χ1n) is 10.4. The van der Waals surface area contributed by atoms with Crippen molar-refractivity contribution in [2.75, 3.05) is 0 Å². The normalized spacial score (nSPS) is 16.9. The van der Waals surface area contributed by atoms with Crippen molar-refractivity contribution < 1.29 is 8.42 Å². The third kappa shape index (κ3) is 4.61. The zero-order chi connectivity index (χ0) is 22.0. The van der Waals surface area contributed by atoms with Gasteiger partial charge in [0.15, 0.2) is 0 Å². The van der Waals surface area contributed by atoms with Crippen LogP contribution in [0.15, 0.2) is 29.2 Å². The highest BCUT2D eigenvalue weighted by Gasteiger charge is 2.40. The first-order chi connectivity index (χ1) is 13.0. The van der Waals surface area contributed by atoms with Gasteiger partial charge in [-0.05, 0) is 70.9 Å². The molecule has 29 heavy (non-hydrogen) atoms. The third-order valence-electron chi connectivity index (χ3n) is 6.05. The third-order valence-corrected chi connectivity index (χ3v) is 7.08. The topological polar surface area (TPSA) is 65.1 Å². The summed E-state index contributed by atoms with van der Waals surface area (Å²) in [6.07, 6.45) is 2.40. The second kappa shape index (κ2) is 6.71. The van der Waals surface area contributed by atoms with Gasteiger partial charge in [0.1, 0.15) is 4.90 Å². The minimum Gasteiger partial charge on any atom is -0.343 e. The molecule has 1 aliphatic carbocycles. The zero-order valence-electron chi connectivity index (χ0n) is 19.2. The van der Waals surface area contributed by atoms with E-state index in [9.17, 15) is 8.42 Å². The maximum absolute atomic E-state index is 12.2. The molecule has 0 atom stereocenters. The van der Waals surface area contributed by atoms with Crippen molar-refractivity contribution in [3.05, 3.63) is 41.1 Å². The summed E-state index contributed by atoms with van der Waals surface area (Å²) in [6.45, 7) is 18.0. The molecule has 1 aromatic carbocycles. The average Bonchev–Trinajstić information content (AvgIpc) is 3.21. The molecule has 3 rings (SSSR count). The van der Waals surface area contributed by atoms with Crippen molar-refractivity contribution >= 4 is 10.0 Å². The summed E-state index contributed by atoms with van der Waals surface area (Å²) >= 11 is 0. The van der Waals surface area contributed by atoms with Crippen LogP contribution in [0.1, 0.15) is 78.1 Å². The van der Waals surface area contributed by atoms with E-state index in [0.29, 0.717) is 5.69 Å². The zero-order valence-corrected chi connectivity index (χ0v) is 20.0. The molecule has 0 aliphatic heterocycles. The summed E-state index contributed by atoms with van der Waals surface area (Å²) in [7, 11) is -3.78. The lowest BCUT2D eigenvalue weighted by Gasteiger charge is -2.25. The fourth-order valence-corrected chi connectivity index (χ4v) is 4.66. The van der Waals surface area contributed by atoms with Crippen molar-refractivity contribution in [2.24, 2.45) is 10.6 Å². The highest BCUT2D eigenvalue weighted by Crippen LogP contribution is 2.49. The number of nitrogens with two attached hydrogens (primary N) is 1. The monoisotopic (exact) mass is 416 g/mol. The number of aromatic nitrogens is 1. The Morgan fingerprint density at radius 1 is 1.03 bits per heavy atom. The molecule has 0 spiro atoms. The Balaban J connectivity index is 2.29. The van der Waals surface area contributed by atoms with Crippen LogP contribution in [0.3, 0.4) is 0 Å². The quantitative estimate of drug-likeness (QED) is 0.714. The molecule has 0 amide bonds. The average molecular weight is 417 g/mol. The number of sulfonamides is 1. The standard InChI is InChI=1S/C24H36N2O2S/c1-16-21(29(25,27)28)14-20(26(16)15-22(2,3)4)17-11-18(23(5,6)7)13-19(12-17)24(8)9-10-24/h11-14H,9-10,15H2,1-8H3,(H2,25,27,28). The number of nitrogens with zero attached hydrogens (tertiary/aromatic N) is 1. The van der Waals surface area contributed by atoms with Crippen LogP contribution in [0, 0.1) is 12.3 Å². The smallest absolute Gasteiger partial charge is 0.239 e. The summed E-state index contributed by atoms with van der Waals surface area (Å²) in [5, 5.41) is 5.55. The number of primary sulfonamides is 1. The van der Waals surface area contributed by atoms with E-state index in [1.165, 1.54) is 24.0 Å². The van der Waals surface area contributed by atoms with Gasteiger partial charge in [-0.1, -0.05) is 54.5 Å². The van der Waals surface area contributed by atoms with Gasteiger partial charge in [0, 0.05) is 17.9 Å². The highest BCUT2D eigenvalue weighted by atomic mass is 32.2.